The van der Waals surface area contributed by atoms with Crippen molar-refractivity contribution >= 4 is 5.91 Å². The minimum Gasteiger partial charge on any atom is -0.393 e. The van der Waals surface area contributed by atoms with Gasteiger partial charge in [0.15, 0.2) is 0 Å². The van der Waals surface area contributed by atoms with Crippen molar-refractivity contribution < 1.29 is 9.90 Å². The number of hydrogen-bond donors (Lipinski definition) is 3. The number of carbonyl (C=O) groups excluding carboxylic acids is 1. The van der Waals surface area contributed by atoms with Crippen LogP contribution in [0.4, 0.5) is 0 Å². The molecule has 0 unspecified atom stereocenters. The number of nitrogens with one attached hydrogen (secondary N) is 2. The topological polar surface area (TPSA) is 90.9 Å². The number of aliphatic hydroxyl groups excluding tert-OH is 1. The van der Waals surface area contributed by atoms with Crippen molar-refractivity contribution in [2.75, 3.05) is 6.54 Å². The highest BCUT2D eigenvalue weighted by molar-refractivity contribution is 5.98. The number of hydrogen-bond acceptors (Lipinski definition) is 4. The van der Waals surface area contributed by atoms with E-state index in [2.05, 4.69) is 20.5 Å². The van der Waals surface area contributed by atoms with Crippen LogP contribution in [0, 0.1) is 5.92 Å². The molecule has 1 aliphatic rings. The van der Waals surface area contributed by atoms with E-state index in [1.165, 1.54) is 0 Å². The standard InChI is InChI=1S/C16H20N4O2/c21-14-4-2-1-3-12(14)9-18-16(22)15-13(10-19-20-15)11-5-7-17-8-6-11/h5-8,10,12,14,21H,1-4,9H2,(H,18,22)(H,19,20)/t12-,14+/m0/s1. The maximum absolute atomic E-state index is 12.4. The Kier molecular flexibility index (Phi) is 4.48. The molecule has 6 heteroatoms. The van der Waals surface area contributed by atoms with E-state index in [0.717, 1.165) is 36.8 Å². The van der Waals surface area contributed by atoms with E-state index in [0.29, 0.717) is 12.2 Å². The number of aliphatic hydroxyl groups is 1. The van der Waals surface area contributed by atoms with Gasteiger partial charge in [-0.3, -0.25) is 14.9 Å². The fourth-order valence-corrected chi connectivity index (χ4v) is 2.95. The molecule has 2 aromatic heterocycles. The number of amides is 1. The average molecular weight is 300 g/mol. The zero-order valence-corrected chi connectivity index (χ0v) is 12.3. The Morgan fingerprint density at radius 3 is 2.86 bits per heavy atom. The van der Waals surface area contributed by atoms with E-state index < -0.39 is 0 Å². The Bertz CT molecular complexity index is 626. The second-order valence-electron chi connectivity index (χ2n) is 5.72. The summed E-state index contributed by atoms with van der Waals surface area (Å²) in [5.41, 5.74) is 2.09. The normalized spacial score (nSPS) is 21.5. The van der Waals surface area contributed by atoms with E-state index in [4.69, 9.17) is 0 Å². The average Bonchev–Trinajstić information content (AvgIpc) is 3.04. The largest absolute Gasteiger partial charge is 0.393 e. The van der Waals surface area contributed by atoms with Crippen molar-refractivity contribution in [2.24, 2.45) is 5.92 Å². The zero-order chi connectivity index (χ0) is 15.4. The molecule has 0 bridgehead atoms. The molecule has 1 aliphatic carbocycles. The monoisotopic (exact) mass is 300 g/mol. The molecule has 0 radical (unpaired) electrons. The third kappa shape index (κ3) is 3.17. The molecule has 22 heavy (non-hydrogen) atoms. The lowest BCUT2D eigenvalue weighted by molar-refractivity contribution is 0.0662. The van der Waals surface area contributed by atoms with Gasteiger partial charge in [-0.15, -0.1) is 0 Å². The molecule has 1 saturated carbocycles. The van der Waals surface area contributed by atoms with Gasteiger partial charge in [-0.2, -0.15) is 5.10 Å². The maximum Gasteiger partial charge on any atom is 0.269 e. The quantitative estimate of drug-likeness (QED) is 0.802. The third-order valence-corrected chi connectivity index (χ3v) is 4.25. The van der Waals surface area contributed by atoms with Gasteiger partial charge in [0.1, 0.15) is 5.69 Å². The lowest BCUT2D eigenvalue weighted by atomic mass is 9.86. The second kappa shape index (κ2) is 6.70. The second-order valence-corrected chi connectivity index (χ2v) is 5.72. The summed E-state index contributed by atoms with van der Waals surface area (Å²) in [7, 11) is 0. The van der Waals surface area contributed by atoms with E-state index in [1.807, 2.05) is 12.1 Å². The van der Waals surface area contributed by atoms with E-state index in [1.54, 1.807) is 18.6 Å². The SMILES string of the molecule is O=C(NC[C@@H]1CCCC[C@H]1O)c1[nH]ncc1-c1ccncc1. The summed E-state index contributed by atoms with van der Waals surface area (Å²) in [6.07, 6.45) is 8.66. The van der Waals surface area contributed by atoms with Gasteiger partial charge in [-0.1, -0.05) is 12.8 Å². The highest BCUT2D eigenvalue weighted by atomic mass is 16.3. The van der Waals surface area contributed by atoms with Crippen molar-refractivity contribution in [3.8, 4) is 11.1 Å². The molecule has 6 nitrogen and oxygen atoms in total. The van der Waals surface area contributed by atoms with Gasteiger partial charge in [0.25, 0.3) is 5.91 Å². The summed E-state index contributed by atoms with van der Waals surface area (Å²) in [4.78, 5) is 16.3. The van der Waals surface area contributed by atoms with Gasteiger partial charge in [0.2, 0.25) is 0 Å². The van der Waals surface area contributed by atoms with E-state index in [-0.39, 0.29) is 17.9 Å². The van der Waals surface area contributed by atoms with Gasteiger partial charge in [0, 0.05) is 30.4 Å². The van der Waals surface area contributed by atoms with Crippen LogP contribution in [0.5, 0.6) is 0 Å². The molecule has 0 aromatic carbocycles. The van der Waals surface area contributed by atoms with Crippen LogP contribution in [0.25, 0.3) is 11.1 Å². The summed E-state index contributed by atoms with van der Waals surface area (Å²) in [5.74, 6) is -0.0490. The maximum atomic E-state index is 12.4. The molecular weight excluding hydrogens is 280 g/mol. The van der Waals surface area contributed by atoms with Crippen LogP contribution in [0.2, 0.25) is 0 Å². The predicted octanol–water partition coefficient (Wildman–Crippen LogP) is 1.75. The Morgan fingerprint density at radius 1 is 1.32 bits per heavy atom. The van der Waals surface area contributed by atoms with Gasteiger partial charge < -0.3 is 10.4 Å². The van der Waals surface area contributed by atoms with E-state index in [9.17, 15) is 9.90 Å². The van der Waals surface area contributed by atoms with Crippen LogP contribution in [-0.2, 0) is 0 Å². The van der Waals surface area contributed by atoms with Crippen molar-refractivity contribution in [3.63, 3.8) is 0 Å². The van der Waals surface area contributed by atoms with Crippen LogP contribution < -0.4 is 5.32 Å². The Balaban J connectivity index is 1.67. The highest BCUT2D eigenvalue weighted by Gasteiger charge is 2.24. The number of pyridine rings is 1. The molecule has 3 N–H and O–H groups in total. The third-order valence-electron chi connectivity index (χ3n) is 4.25. The summed E-state index contributed by atoms with van der Waals surface area (Å²) < 4.78 is 0. The molecule has 3 rings (SSSR count). The van der Waals surface area contributed by atoms with Gasteiger partial charge in [-0.05, 0) is 30.5 Å². The van der Waals surface area contributed by atoms with Crippen LogP contribution in [0.15, 0.2) is 30.7 Å². The van der Waals surface area contributed by atoms with Crippen LogP contribution in [0.1, 0.15) is 36.2 Å². The minimum absolute atomic E-state index is 0.144. The molecule has 116 valence electrons. The molecule has 0 spiro atoms. The molecule has 0 aliphatic heterocycles. The van der Waals surface area contributed by atoms with Crippen molar-refractivity contribution in [2.45, 2.75) is 31.8 Å². The number of aromatic nitrogens is 3. The first-order valence-corrected chi connectivity index (χ1v) is 7.65. The summed E-state index contributed by atoms with van der Waals surface area (Å²) in [6, 6.07) is 3.68. The number of H-pyrrole nitrogens is 1. The first-order valence-electron chi connectivity index (χ1n) is 7.65. The first kappa shape index (κ1) is 14.7. The Labute approximate surface area is 129 Å². The van der Waals surface area contributed by atoms with Crippen molar-refractivity contribution in [1.29, 1.82) is 0 Å². The number of rotatable bonds is 4. The van der Waals surface area contributed by atoms with Crippen molar-refractivity contribution in [1.82, 2.24) is 20.5 Å². The lowest BCUT2D eigenvalue weighted by Gasteiger charge is -2.27. The van der Waals surface area contributed by atoms with Crippen LogP contribution in [-0.4, -0.2) is 38.8 Å². The number of carbonyl (C=O) groups is 1. The molecule has 2 aromatic rings. The summed E-state index contributed by atoms with van der Waals surface area (Å²) >= 11 is 0. The molecule has 0 saturated heterocycles. The molecular formula is C16H20N4O2. The van der Waals surface area contributed by atoms with Gasteiger partial charge >= 0.3 is 0 Å². The molecule has 2 heterocycles. The van der Waals surface area contributed by atoms with Gasteiger partial charge in [-0.25, -0.2) is 0 Å². The minimum atomic E-state index is -0.310. The molecule has 2 atom stereocenters. The fourth-order valence-electron chi connectivity index (χ4n) is 2.95. The number of aromatic amines is 1. The summed E-state index contributed by atoms with van der Waals surface area (Å²) in [5, 5.41) is 19.6. The number of nitrogens with zero attached hydrogens (tertiary/aromatic N) is 2. The highest BCUT2D eigenvalue weighted by Crippen LogP contribution is 2.24. The predicted molar refractivity (Wildman–Crippen MR) is 82.1 cm³/mol. The lowest BCUT2D eigenvalue weighted by Crippen LogP contribution is -2.36. The summed E-state index contributed by atoms with van der Waals surface area (Å²) in [6.45, 7) is 0.495. The Hall–Kier alpha value is -2.21. The molecule has 1 amide bonds. The van der Waals surface area contributed by atoms with E-state index >= 15 is 0 Å². The van der Waals surface area contributed by atoms with Crippen molar-refractivity contribution in [3.05, 3.63) is 36.4 Å². The molecule has 1 fully saturated rings. The smallest absolute Gasteiger partial charge is 0.269 e. The van der Waals surface area contributed by atoms with Crippen LogP contribution in [0.3, 0.4) is 0 Å². The van der Waals surface area contributed by atoms with Crippen LogP contribution >= 0.6 is 0 Å². The fraction of sp³-hybridized carbons (Fsp3) is 0.438. The zero-order valence-electron chi connectivity index (χ0n) is 12.3. The van der Waals surface area contributed by atoms with Gasteiger partial charge in [0.05, 0.1) is 12.3 Å². The first-order chi connectivity index (χ1) is 10.8. The Morgan fingerprint density at radius 2 is 2.09 bits per heavy atom.